The van der Waals surface area contributed by atoms with Gasteiger partial charge >= 0.3 is 6.18 Å². The summed E-state index contributed by atoms with van der Waals surface area (Å²) in [4.78, 5) is 0. The molecule has 4 nitrogen and oxygen atoms in total. The van der Waals surface area contributed by atoms with E-state index in [1.807, 2.05) is 24.6 Å². The summed E-state index contributed by atoms with van der Waals surface area (Å²) in [5, 5.41) is 4.29. The first kappa shape index (κ1) is 16.0. The Kier molecular flexibility index (Phi) is 5.81. The molecule has 0 bridgehead atoms. The van der Waals surface area contributed by atoms with Crippen molar-refractivity contribution in [1.82, 2.24) is 9.78 Å². The number of hydrogen-bond acceptors (Lipinski definition) is 3. The average molecular weight is 279 g/mol. The molecule has 1 aromatic rings. The van der Waals surface area contributed by atoms with Crippen LogP contribution in [0.3, 0.4) is 0 Å². The quantitative estimate of drug-likeness (QED) is 0.777. The fourth-order valence-corrected chi connectivity index (χ4v) is 1.83. The van der Waals surface area contributed by atoms with E-state index in [2.05, 4.69) is 9.84 Å². The van der Waals surface area contributed by atoms with Gasteiger partial charge in [-0.25, -0.2) is 0 Å². The number of hydrogen-bond donors (Lipinski definition) is 1. The van der Waals surface area contributed by atoms with Crippen molar-refractivity contribution in [3.63, 3.8) is 0 Å². The summed E-state index contributed by atoms with van der Waals surface area (Å²) >= 11 is 0. The topological polar surface area (TPSA) is 53.1 Å². The van der Waals surface area contributed by atoms with Gasteiger partial charge in [0.15, 0.2) is 0 Å². The van der Waals surface area contributed by atoms with Crippen molar-refractivity contribution < 1.29 is 17.9 Å². The van der Waals surface area contributed by atoms with Crippen LogP contribution in [0.5, 0.6) is 0 Å². The second kappa shape index (κ2) is 6.91. The van der Waals surface area contributed by atoms with Gasteiger partial charge in [-0.2, -0.15) is 18.3 Å². The molecule has 0 aromatic carbocycles. The molecule has 0 aliphatic rings. The predicted molar refractivity (Wildman–Crippen MR) is 65.8 cm³/mol. The van der Waals surface area contributed by atoms with Crippen molar-refractivity contribution in [1.29, 1.82) is 0 Å². The first-order valence-corrected chi connectivity index (χ1v) is 6.25. The monoisotopic (exact) mass is 279 g/mol. The Bertz CT molecular complexity index is 390. The number of aromatic nitrogens is 2. The lowest BCUT2D eigenvalue weighted by molar-refractivity contribution is -0.174. The highest BCUT2D eigenvalue weighted by Gasteiger charge is 2.27. The standard InChI is InChI=1S/C12H20F3N3O/c1-3-18-11(6-9(2)17-18)7-10(16)4-5-19-8-12(13,14)15/h6,10H,3-5,7-8,16H2,1-2H3. The van der Waals surface area contributed by atoms with E-state index < -0.39 is 12.8 Å². The summed E-state index contributed by atoms with van der Waals surface area (Å²) in [5.74, 6) is 0. The molecule has 0 aliphatic carbocycles. The molecule has 0 saturated carbocycles. The molecule has 0 amide bonds. The number of nitrogens with zero attached hydrogens (tertiary/aromatic N) is 2. The van der Waals surface area contributed by atoms with Crippen molar-refractivity contribution in [2.24, 2.45) is 5.73 Å². The maximum Gasteiger partial charge on any atom is 0.411 e. The molecule has 2 N–H and O–H groups in total. The molecule has 0 aliphatic heterocycles. The van der Waals surface area contributed by atoms with Crippen LogP contribution in [0.15, 0.2) is 6.07 Å². The normalized spacial score (nSPS) is 13.8. The minimum absolute atomic E-state index is 0.0138. The zero-order chi connectivity index (χ0) is 14.5. The van der Waals surface area contributed by atoms with E-state index in [0.29, 0.717) is 12.8 Å². The van der Waals surface area contributed by atoms with Crippen LogP contribution in [0, 0.1) is 6.92 Å². The molecule has 1 heterocycles. The smallest absolute Gasteiger partial charge is 0.372 e. The maximum absolute atomic E-state index is 11.9. The van der Waals surface area contributed by atoms with Crippen LogP contribution in [-0.4, -0.2) is 35.2 Å². The highest BCUT2D eigenvalue weighted by molar-refractivity contribution is 5.10. The van der Waals surface area contributed by atoms with Gasteiger partial charge in [0.1, 0.15) is 6.61 Å². The molecule has 1 rings (SSSR count). The summed E-state index contributed by atoms with van der Waals surface area (Å²) in [6, 6.07) is 1.72. The molecule has 0 fully saturated rings. The molecule has 1 aromatic heterocycles. The van der Waals surface area contributed by atoms with E-state index in [-0.39, 0.29) is 12.6 Å². The molecule has 0 radical (unpaired) electrons. The van der Waals surface area contributed by atoms with Crippen LogP contribution >= 0.6 is 0 Å². The van der Waals surface area contributed by atoms with Gasteiger partial charge in [-0.3, -0.25) is 4.68 Å². The van der Waals surface area contributed by atoms with Crippen LogP contribution in [0.1, 0.15) is 24.7 Å². The number of halogens is 3. The molecule has 1 atom stereocenters. The van der Waals surface area contributed by atoms with E-state index >= 15 is 0 Å². The molecule has 0 saturated heterocycles. The summed E-state index contributed by atoms with van der Waals surface area (Å²) in [7, 11) is 0. The molecule has 19 heavy (non-hydrogen) atoms. The largest absolute Gasteiger partial charge is 0.411 e. The zero-order valence-electron chi connectivity index (χ0n) is 11.2. The zero-order valence-corrected chi connectivity index (χ0v) is 11.2. The van der Waals surface area contributed by atoms with Gasteiger partial charge in [0, 0.05) is 31.3 Å². The van der Waals surface area contributed by atoms with Gasteiger partial charge in [0.25, 0.3) is 0 Å². The highest BCUT2D eigenvalue weighted by atomic mass is 19.4. The molecule has 110 valence electrons. The lowest BCUT2D eigenvalue weighted by Gasteiger charge is -2.13. The van der Waals surface area contributed by atoms with Crippen molar-refractivity contribution >= 4 is 0 Å². The van der Waals surface area contributed by atoms with Gasteiger partial charge in [-0.1, -0.05) is 0 Å². The van der Waals surface area contributed by atoms with Crippen molar-refractivity contribution in [3.05, 3.63) is 17.5 Å². The third-order valence-corrected chi connectivity index (χ3v) is 2.66. The van der Waals surface area contributed by atoms with Gasteiger partial charge in [0.2, 0.25) is 0 Å². The van der Waals surface area contributed by atoms with E-state index in [0.717, 1.165) is 17.9 Å². The molecular formula is C12H20F3N3O. The summed E-state index contributed by atoms with van der Waals surface area (Å²) in [5.41, 5.74) is 7.80. The van der Waals surface area contributed by atoms with E-state index in [1.165, 1.54) is 0 Å². The maximum atomic E-state index is 11.9. The van der Waals surface area contributed by atoms with Crippen LogP contribution < -0.4 is 5.73 Å². The van der Waals surface area contributed by atoms with Crippen LogP contribution in [0.25, 0.3) is 0 Å². The first-order valence-electron chi connectivity index (χ1n) is 6.25. The lowest BCUT2D eigenvalue weighted by atomic mass is 10.1. The molecule has 0 spiro atoms. The molecule has 7 heteroatoms. The van der Waals surface area contributed by atoms with Crippen molar-refractivity contribution in [2.75, 3.05) is 13.2 Å². The Hall–Kier alpha value is -1.08. The van der Waals surface area contributed by atoms with E-state index in [9.17, 15) is 13.2 Å². The minimum Gasteiger partial charge on any atom is -0.372 e. The van der Waals surface area contributed by atoms with Gasteiger partial charge in [0.05, 0.1) is 5.69 Å². The first-order chi connectivity index (χ1) is 8.81. The van der Waals surface area contributed by atoms with Crippen molar-refractivity contribution in [3.8, 4) is 0 Å². The van der Waals surface area contributed by atoms with Crippen LogP contribution in [-0.2, 0) is 17.7 Å². The highest BCUT2D eigenvalue weighted by Crippen LogP contribution is 2.14. The van der Waals surface area contributed by atoms with E-state index in [1.54, 1.807) is 0 Å². The summed E-state index contributed by atoms with van der Waals surface area (Å²) in [6.45, 7) is 3.42. The van der Waals surface area contributed by atoms with E-state index in [4.69, 9.17) is 5.73 Å². The Morgan fingerprint density at radius 1 is 1.47 bits per heavy atom. The minimum atomic E-state index is -4.28. The Morgan fingerprint density at radius 2 is 2.16 bits per heavy atom. The Balaban J connectivity index is 2.32. The lowest BCUT2D eigenvalue weighted by Crippen LogP contribution is -2.27. The Morgan fingerprint density at radius 3 is 2.74 bits per heavy atom. The number of alkyl halides is 3. The van der Waals surface area contributed by atoms with Crippen LogP contribution in [0.2, 0.25) is 0 Å². The number of rotatable bonds is 7. The fraction of sp³-hybridized carbons (Fsp3) is 0.750. The number of nitrogens with two attached hydrogens (primary N) is 1. The van der Waals surface area contributed by atoms with Crippen LogP contribution in [0.4, 0.5) is 13.2 Å². The SMILES string of the molecule is CCn1nc(C)cc1CC(N)CCOCC(F)(F)F. The average Bonchev–Trinajstić information content (AvgIpc) is 2.63. The van der Waals surface area contributed by atoms with Gasteiger partial charge in [-0.05, 0) is 26.3 Å². The number of aryl methyl sites for hydroxylation is 2. The second-order valence-electron chi connectivity index (χ2n) is 4.51. The van der Waals surface area contributed by atoms with Gasteiger partial charge < -0.3 is 10.5 Å². The number of ether oxygens (including phenoxy) is 1. The second-order valence-corrected chi connectivity index (χ2v) is 4.51. The predicted octanol–water partition coefficient (Wildman–Crippen LogP) is 2.05. The summed E-state index contributed by atoms with van der Waals surface area (Å²) < 4.78 is 42.0. The fourth-order valence-electron chi connectivity index (χ4n) is 1.83. The van der Waals surface area contributed by atoms with Crippen molar-refractivity contribution in [2.45, 2.75) is 45.5 Å². The summed E-state index contributed by atoms with van der Waals surface area (Å²) in [6.07, 6.45) is -3.30. The molecule has 1 unspecified atom stereocenters. The Labute approximate surface area is 110 Å². The van der Waals surface area contributed by atoms with Gasteiger partial charge in [-0.15, -0.1) is 0 Å². The third kappa shape index (κ3) is 6.07. The molecular weight excluding hydrogens is 259 g/mol. The third-order valence-electron chi connectivity index (χ3n) is 2.66.